The van der Waals surface area contributed by atoms with Crippen LogP contribution in [0.3, 0.4) is 0 Å². The van der Waals surface area contributed by atoms with E-state index in [1.54, 1.807) is 0 Å². The monoisotopic (exact) mass is 350 g/mol. The summed E-state index contributed by atoms with van der Waals surface area (Å²) in [6, 6.07) is 18.5. The predicted molar refractivity (Wildman–Crippen MR) is 102 cm³/mol. The molecule has 0 aromatic heterocycles. The number of benzene rings is 2. The fourth-order valence-electron chi connectivity index (χ4n) is 4.35. The van der Waals surface area contributed by atoms with Crippen LogP contribution in [0.15, 0.2) is 54.6 Å². The van der Waals surface area contributed by atoms with E-state index in [2.05, 4.69) is 18.2 Å². The van der Waals surface area contributed by atoms with Gasteiger partial charge in [0.2, 0.25) is 0 Å². The molecule has 1 amide bonds. The van der Waals surface area contributed by atoms with Crippen molar-refractivity contribution in [3.05, 3.63) is 65.7 Å². The van der Waals surface area contributed by atoms with Crippen LogP contribution in [0, 0.1) is 11.8 Å². The standard InChI is InChI=1S/C22H26N2O2/c23-20-11-10-18-13-24(14-19(18)20)22(25)15-26-21-9-5-4-8-17(21)12-16-6-2-1-3-7-16/h1-9,18-20H,10-15,23H2. The first-order chi connectivity index (χ1) is 12.7. The van der Waals surface area contributed by atoms with E-state index in [-0.39, 0.29) is 18.6 Å². The third-order valence-corrected chi connectivity index (χ3v) is 5.83. The number of hydrogen-bond donors (Lipinski definition) is 1. The van der Waals surface area contributed by atoms with Gasteiger partial charge in [0, 0.05) is 25.6 Å². The van der Waals surface area contributed by atoms with E-state index in [1.165, 1.54) is 5.56 Å². The molecule has 4 rings (SSSR count). The van der Waals surface area contributed by atoms with Crippen LogP contribution in [0.2, 0.25) is 0 Å². The molecular formula is C22H26N2O2. The first-order valence-electron chi connectivity index (χ1n) is 9.48. The molecule has 2 aromatic rings. The van der Waals surface area contributed by atoms with Gasteiger partial charge in [0.25, 0.3) is 5.91 Å². The molecular weight excluding hydrogens is 324 g/mol. The summed E-state index contributed by atoms with van der Waals surface area (Å²) in [6.45, 7) is 1.73. The van der Waals surface area contributed by atoms with Crippen LogP contribution in [-0.4, -0.2) is 36.5 Å². The first kappa shape index (κ1) is 17.1. The number of nitrogens with two attached hydrogens (primary N) is 1. The second-order valence-electron chi connectivity index (χ2n) is 7.52. The van der Waals surface area contributed by atoms with Gasteiger partial charge in [-0.05, 0) is 41.9 Å². The Labute approximate surface area is 155 Å². The minimum Gasteiger partial charge on any atom is -0.483 e. The molecule has 4 heteroatoms. The zero-order valence-corrected chi connectivity index (χ0v) is 15.0. The molecule has 1 saturated heterocycles. The first-order valence-corrected chi connectivity index (χ1v) is 9.48. The van der Waals surface area contributed by atoms with Gasteiger partial charge in [-0.25, -0.2) is 0 Å². The maximum absolute atomic E-state index is 12.6. The molecule has 2 fully saturated rings. The van der Waals surface area contributed by atoms with Crippen LogP contribution in [0.25, 0.3) is 0 Å². The van der Waals surface area contributed by atoms with Gasteiger partial charge >= 0.3 is 0 Å². The summed E-state index contributed by atoms with van der Waals surface area (Å²) in [5.74, 6) is 1.92. The largest absolute Gasteiger partial charge is 0.483 e. The molecule has 1 aliphatic heterocycles. The van der Waals surface area contributed by atoms with Crippen molar-refractivity contribution < 1.29 is 9.53 Å². The number of likely N-dealkylation sites (tertiary alicyclic amines) is 1. The van der Waals surface area contributed by atoms with Crippen LogP contribution < -0.4 is 10.5 Å². The topological polar surface area (TPSA) is 55.6 Å². The number of amides is 1. The molecule has 1 saturated carbocycles. The minimum atomic E-state index is 0.0705. The van der Waals surface area contributed by atoms with Crippen molar-refractivity contribution in [2.45, 2.75) is 25.3 Å². The Hall–Kier alpha value is -2.33. The molecule has 4 nitrogen and oxygen atoms in total. The zero-order valence-electron chi connectivity index (χ0n) is 15.0. The Morgan fingerprint density at radius 2 is 1.81 bits per heavy atom. The molecule has 0 bridgehead atoms. The Morgan fingerprint density at radius 1 is 1.04 bits per heavy atom. The van der Waals surface area contributed by atoms with Gasteiger partial charge in [0.15, 0.2) is 6.61 Å². The fourth-order valence-corrected chi connectivity index (χ4v) is 4.35. The van der Waals surface area contributed by atoms with Crippen LogP contribution in [-0.2, 0) is 11.2 Å². The van der Waals surface area contributed by atoms with Gasteiger partial charge in [-0.15, -0.1) is 0 Å². The number of rotatable bonds is 5. The number of fused-ring (bicyclic) bond motifs is 1. The van der Waals surface area contributed by atoms with Gasteiger partial charge in [0.1, 0.15) is 5.75 Å². The number of nitrogens with zero attached hydrogens (tertiary/aromatic N) is 1. The van der Waals surface area contributed by atoms with E-state index in [0.29, 0.717) is 11.8 Å². The quantitative estimate of drug-likeness (QED) is 0.902. The lowest BCUT2D eigenvalue weighted by molar-refractivity contribution is -0.132. The summed E-state index contributed by atoms with van der Waals surface area (Å²) in [7, 11) is 0. The van der Waals surface area contributed by atoms with Gasteiger partial charge in [-0.1, -0.05) is 48.5 Å². The van der Waals surface area contributed by atoms with Crippen molar-refractivity contribution in [3.63, 3.8) is 0 Å². The average Bonchev–Trinajstić information content (AvgIpc) is 3.24. The number of ether oxygens (including phenoxy) is 1. The van der Waals surface area contributed by atoms with Crippen molar-refractivity contribution >= 4 is 5.91 Å². The molecule has 0 spiro atoms. The van der Waals surface area contributed by atoms with Gasteiger partial charge in [0.05, 0.1) is 0 Å². The number of hydrogen-bond acceptors (Lipinski definition) is 3. The third-order valence-electron chi connectivity index (χ3n) is 5.83. The van der Waals surface area contributed by atoms with Crippen LogP contribution in [0.5, 0.6) is 5.75 Å². The summed E-state index contributed by atoms with van der Waals surface area (Å²) in [4.78, 5) is 14.5. The molecule has 1 aliphatic carbocycles. The molecule has 136 valence electrons. The smallest absolute Gasteiger partial charge is 0.260 e. The summed E-state index contributed by atoms with van der Waals surface area (Å²) in [6.07, 6.45) is 3.05. The molecule has 3 atom stereocenters. The molecule has 0 radical (unpaired) electrons. The number of carbonyl (C=O) groups excluding carboxylic acids is 1. The number of para-hydroxylation sites is 1. The van der Waals surface area contributed by atoms with Crippen molar-refractivity contribution in [1.82, 2.24) is 4.90 Å². The second-order valence-corrected chi connectivity index (χ2v) is 7.52. The Morgan fingerprint density at radius 3 is 2.62 bits per heavy atom. The molecule has 1 heterocycles. The highest BCUT2D eigenvalue weighted by Gasteiger charge is 2.42. The highest BCUT2D eigenvalue weighted by Crippen LogP contribution is 2.37. The summed E-state index contributed by atoms with van der Waals surface area (Å²) < 4.78 is 5.91. The van der Waals surface area contributed by atoms with E-state index >= 15 is 0 Å². The van der Waals surface area contributed by atoms with Crippen LogP contribution >= 0.6 is 0 Å². The summed E-state index contributed by atoms with van der Waals surface area (Å²) in [5.41, 5.74) is 8.51. The van der Waals surface area contributed by atoms with E-state index in [9.17, 15) is 4.79 Å². The maximum Gasteiger partial charge on any atom is 0.260 e. The van der Waals surface area contributed by atoms with E-state index in [0.717, 1.165) is 43.7 Å². The summed E-state index contributed by atoms with van der Waals surface area (Å²) >= 11 is 0. The average molecular weight is 350 g/mol. The normalized spacial score (nSPS) is 24.5. The van der Waals surface area contributed by atoms with Crippen molar-refractivity contribution in [2.75, 3.05) is 19.7 Å². The van der Waals surface area contributed by atoms with E-state index < -0.39 is 0 Å². The Balaban J connectivity index is 1.37. The Bertz CT molecular complexity index is 762. The maximum atomic E-state index is 12.6. The van der Waals surface area contributed by atoms with E-state index in [4.69, 9.17) is 10.5 Å². The number of carbonyl (C=O) groups is 1. The lowest BCUT2D eigenvalue weighted by atomic mass is 9.98. The lowest BCUT2D eigenvalue weighted by Gasteiger charge is -2.19. The van der Waals surface area contributed by atoms with Crippen molar-refractivity contribution in [3.8, 4) is 5.75 Å². The van der Waals surface area contributed by atoms with Crippen molar-refractivity contribution in [2.24, 2.45) is 17.6 Å². The SMILES string of the molecule is NC1CCC2CN(C(=O)COc3ccccc3Cc3ccccc3)CC12. The second kappa shape index (κ2) is 7.50. The van der Waals surface area contributed by atoms with Gasteiger partial charge < -0.3 is 15.4 Å². The molecule has 26 heavy (non-hydrogen) atoms. The zero-order chi connectivity index (χ0) is 17.9. The molecule has 2 N–H and O–H groups in total. The lowest BCUT2D eigenvalue weighted by Crippen LogP contribution is -2.36. The summed E-state index contributed by atoms with van der Waals surface area (Å²) in [5, 5.41) is 0. The predicted octanol–water partition coefficient (Wildman–Crippen LogP) is 2.85. The van der Waals surface area contributed by atoms with Gasteiger partial charge in [-0.3, -0.25) is 4.79 Å². The van der Waals surface area contributed by atoms with Crippen LogP contribution in [0.4, 0.5) is 0 Å². The van der Waals surface area contributed by atoms with Gasteiger partial charge in [-0.2, -0.15) is 0 Å². The molecule has 3 unspecified atom stereocenters. The van der Waals surface area contributed by atoms with Crippen LogP contribution in [0.1, 0.15) is 24.0 Å². The highest BCUT2D eigenvalue weighted by molar-refractivity contribution is 5.78. The van der Waals surface area contributed by atoms with Crippen molar-refractivity contribution in [1.29, 1.82) is 0 Å². The Kier molecular flexibility index (Phi) is 4.93. The molecule has 2 aromatic carbocycles. The minimum absolute atomic E-state index is 0.0705. The highest BCUT2D eigenvalue weighted by atomic mass is 16.5. The molecule has 2 aliphatic rings. The fraction of sp³-hybridized carbons (Fsp3) is 0.409. The van der Waals surface area contributed by atoms with E-state index in [1.807, 2.05) is 41.3 Å². The third kappa shape index (κ3) is 3.61.